The van der Waals surface area contributed by atoms with E-state index in [2.05, 4.69) is 20.8 Å². The highest BCUT2D eigenvalue weighted by molar-refractivity contribution is 7.89. The molecule has 1 saturated heterocycles. The number of pyridine rings is 1. The summed E-state index contributed by atoms with van der Waals surface area (Å²) >= 11 is 0. The molecular formula is C22H22FN5O2S. The van der Waals surface area contributed by atoms with Crippen LogP contribution in [0.3, 0.4) is 0 Å². The molecule has 0 aliphatic carbocycles. The van der Waals surface area contributed by atoms with Crippen LogP contribution in [0.1, 0.15) is 12.8 Å². The van der Waals surface area contributed by atoms with Crippen molar-refractivity contribution in [1.29, 1.82) is 0 Å². The summed E-state index contributed by atoms with van der Waals surface area (Å²) in [5.74, 6) is -0.359. The van der Waals surface area contributed by atoms with E-state index < -0.39 is 15.8 Å². The van der Waals surface area contributed by atoms with Crippen molar-refractivity contribution in [3.63, 3.8) is 0 Å². The van der Waals surface area contributed by atoms with Crippen LogP contribution in [0.5, 0.6) is 0 Å². The van der Waals surface area contributed by atoms with Gasteiger partial charge in [-0.1, -0.05) is 12.1 Å². The van der Waals surface area contributed by atoms with Crippen LogP contribution in [0.2, 0.25) is 0 Å². The van der Waals surface area contributed by atoms with Gasteiger partial charge in [-0.15, -0.1) is 0 Å². The summed E-state index contributed by atoms with van der Waals surface area (Å²) in [7, 11) is -3.81. The van der Waals surface area contributed by atoms with Crippen LogP contribution in [-0.2, 0) is 16.6 Å². The number of rotatable bonds is 5. The summed E-state index contributed by atoms with van der Waals surface area (Å²) in [5, 5.41) is 6.77. The number of nitrogens with one attached hydrogen (secondary N) is 1. The monoisotopic (exact) mass is 439 g/mol. The van der Waals surface area contributed by atoms with Crippen LogP contribution in [0.15, 0.2) is 66.0 Å². The third-order valence-electron chi connectivity index (χ3n) is 5.90. The van der Waals surface area contributed by atoms with E-state index in [0.717, 1.165) is 41.7 Å². The summed E-state index contributed by atoms with van der Waals surface area (Å²) in [6.07, 6.45) is 7.05. The number of aromatic amines is 1. The molecule has 31 heavy (non-hydrogen) atoms. The average Bonchev–Trinajstić information content (AvgIpc) is 3.45. The quantitative estimate of drug-likeness (QED) is 0.514. The molecule has 3 aromatic heterocycles. The number of aromatic nitrogens is 4. The number of benzene rings is 1. The highest BCUT2D eigenvalue weighted by Gasteiger charge is 2.31. The fourth-order valence-electron chi connectivity index (χ4n) is 4.19. The Morgan fingerprint density at radius 3 is 2.65 bits per heavy atom. The van der Waals surface area contributed by atoms with Crippen molar-refractivity contribution in [2.75, 3.05) is 13.1 Å². The van der Waals surface area contributed by atoms with Gasteiger partial charge >= 0.3 is 0 Å². The lowest BCUT2D eigenvalue weighted by molar-refractivity contribution is 0.254. The topological polar surface area (TPSA) is 83.9 Å². The van der Waals surface area contributed by atoms with Gasteiger partial charge in [0.2, 0.25) is 10.0 Å². The third-order valence-corrected chi connectivity index (χ3v) is 7.83. The van der Waals surface area contributed by atoms with E-state index in [9.17, 15) is 12.8 Å². The van der Waals surface area contributed by atoms with Crippen molar-refractivity contribution in [3.8, 4) is 11.3 Å². The Balaban J connectivity index is 1.28. The number of sulfonamides is 1. The van der Waals surface area contributed by atoms with E-state index in [1.807, 2.05) is 24.5 Å². The van der Waals surface area contributed by atoms with Crippen molar-refractivity contribution in [1.82, 2.24) is 24.1 Å². The SMILES string of the molecule is O=S(=O)(c1ccccc1F)N1CCC(Cn2ccc3nc(-c4cn[nH]c4)ccc32)CC1. The minimum absolute atomic E-state index is 0.246. The van der Waals surface area contributed by atoms with E-state index in [-0.39, 0.29) is 4.90 Å². The molecule has 0 bridgehead atoms. The zero-order valence-electron chi connectivity index (χ0n) is 16.8. The highest BCUT2D eigenvalue weighted by Crippen LogP contribution is 2.28. The molecule has 0 saturated carbocycles. The highest BCUT2D eigenvalue weighted by atomic mass is 32.2. The Morgan fingerprint density at radius 2 is 1.90 bits per heavy atom. The third kappa shape index (κ3) is 3.75. The van der Waals surface area contributed by atoms with Gasteiger partial charge in [0.15, 0.2) is 0 Å². The molecule has 5 rings (SSSR count). The van der Waals surface area contributed by atoms with Crippen molar-refractivity contribution >= 4 is 21.1 Å². The van der Waals surface area contributed by atoms with Crippen LogP contribution in [-0.4, -0.2) is 45.6 Å². The maximum absolute atomic E-state index is 14.0. The molecule has 0 unspecified atom stereocenters. The van der Waals surface area contributed by atoms with Crippen LogP contribution in [0.25, 0.3) is 22.3 Å². The summed E-state index contributed by atoms with van der Waals surface area (Å²) < 4.78 is 43.2. The molecule has 0 amide bonds. The molecule has 9 heteroatoms. The maximum Gasteiger partial charge on any atom is 0.245 e. The zero-order valence-corrected chi connectivity index (χ0v) is 17.6. The first-order valence-electron chi connectivity index (χ1n) is 10.2. The van der Waals surface area contributed by atoms with Crippen molar-refractivity contribution < 1.29 is 12.8 Å². The second-order valence-corrected chi connectivity index (χ2v) is 9.74. The van der Waals surface area contributed by atoms with Crippen LogP contribution < -0.4 is 0 Å². The predicted octanol–water partition coefficient (Wildman–Crippen LogP) is 3.67. The van der Waals surface area contributed by atoms with Gasteiger partial charge in [0.1, 0.15) is 10.7 Å². The molecule has 4 heterocycles. The number of nitrogens with zero attached hydrogens (tertiary/aromatic N) is 4. The van der Waals surface area contributed by atoms with Gasteiger partial charge in [0, 0.05) is 37.6 Å². The number of hydrogen-bond donors (Lipinski definition) is 1. The van der Waals surface area contributed by atoms with Gasteiger partial charge in [0.05, 0.1) is 22.9 Å². The largest absolute Gasteiger partial charge is 0.346 e. The first-order valence-corrected chi connectivity index (χ1v) is 11.7. The molecule has 7 nitrogen and oxygen atoms in total. The fraction of sp³-hybridized carbons (Fsp3) is 0.273. The Bertz CT molecular complexity index is 1310. The normalized spacial score (nSPS) is 16.2. The average molecular weight is 440 g/mol. The summed E-state index contributed by atoms with van der Waals surface area (Å²) in [4.78, 5) is 4.47. The van der Waals surface area contributed by atoms with Gasteiger partial charge in [-0.3, -0.25) is 5.10 Å². The summed E-state index contributed by atoms with van der Waals surface area (Å²) in [5.41, 5.74) is 3.77. The molecule has 1 fully saturated rings. The minimum atomic E-state index is -3.81. The molecule has 1 aliphatic heterocycles. The van der Waals surface area contributed by atoms with Crippen molar-refractivity contribution in [3.05, 3.63) is 66.9 Å². The molecule has 0 atom stereocenters. The lowest BCUT2D eigenvalue weighted by atomic mass is 9.98. The Morgan fingerprint density at radius 1 is 1.10 bits per heavy atom. The van der Waals surface area contributed by atoms with Crippen LogP contribution in [0.4, 0.5) is 4.39 Å². The molecular weight excluding hydrogens is 417 g/mol. The van der Waals surface area contributed by atoms with Gasteiger partial charge in [0.25, 0.3) is 0 Å². The Kier molecular flexibility index (Phi) is 5.07. The Hall–Kier alpha value is -3.04. The van der Waals surface area contributed by atoms with Crippen molar-refractivity contribution in [2.45, 2.75) is 24.3 Å². The summed E-state index contributed by atoms with van der Waals surface area (Å²) in [6.45, 7) is 1.58. The van der Waals surface area contributed by atoms with E-state index >= 15 is 0 Å². The number of fused-ring (bicyclic) bond motifs is 1. The van der Waals surface area contributed by atoms with Gasteiger partial charge in [-0.25, -0.2) is 17.8 Å². The molecule has 0 radical (unpaired) electrons. The maximum atomic E-state index is 14.0. The van der Waals surface area contributed by atoms with E-state index in [1.54, 1.807) is 12.3 Å². The van der Waals surface area contributed by atoms with Gasteiger partial charge < -0.3 is 4.57 Å². The molecule has 160 valence electrons. The van der Waals surface area contributed by atoms with Gasteiger partial charge in [-0.2, -0.15) is 9.40 Å². The predicted molar refractivity (Wildman–Crippen MR) is 115 cm³/mol. The number of H-pyrrole nitrogens is 1. The lowest BCUT2D eigenvalue weighted by Crippen LogP contribution is -2.39. The minimum Gasteiger partial charge on any atom is -0.346 e. The first-order chi connectivity index (χ1) is 15.0. The standard InChI is InChI=1S/C22H22FN5O2S/c23-18-3-1-2-4-22(18)31(29,30)28-11-7-16(8-12-28)15-27-10-9-20-21(27)6-5-19(26-20)17-13-24-25-14-17/h1-6,9-10,13-14,16H,7-8,11-12,15H2,(H,24,25). The van der Waals surface area contributed by atoms with Crippen LogP contribution in [0, 0.1) is 11.7 Å². The first kappa shape index (κ1) is 19.9. The molecule has 1 N–H and O–H groups in total. The lowest BCUT2D eigenvalue weighted by Gasteiger charge is -2.31. The fourth-order valence-corrected chi connectivity index (χ4v) is 5.72. The smallest absolute Gasteiger partial charge is 0.245 e. The molecule has 1 aromatic carbocycles. The summed E-state index contributed by atoms with van der Waals surface area (Å²) in [6, 6.07) is 11.6. The second-order valence-electron chi connectivity index (χ2n) is 7.83. The number of hydrogen-bond acceptors (Lipinski definition) is 4. The van der Waals surface area contributed by atoms with E-state index in [0.29, 0.717) is 19.0 Å². The molecule has 0 spiro atoms. The molecule has 4 aromatic rings. The zero-order chi connectivity index (χ0) is 21.4. The number of piperidine rings is 1. The van der Waals surface area contributed by atoms with Crippen LogP contribution >= 0.6 is 0 Å². The van der Waals surface area contributed by atoms with Crippen molar-refractivity contribution in [2.24, 2.45) is 5.92 Å². The second kappa shape index (κ2) is 7.90. The van der Waals surface area contributed by atoms with E-state index in [4.69, 9.17) is 4.98 Å². The number of halogens is 1. The Labute approximate surface area is 179 Å². The van der Waals surface area contributed by atoms with E-state index in [1.165, 1.54) is 22.5 Å². The molecule has 1 aliphatic rings. The van der Waals surface area contributed by atoms with Gasteiger partial charge in [-0.05, 0) is 49.1 Å².